The van der Waals surface area contributed by atoms with Gasteiger partial charge < -0.3 is 4.90 Å². The molecule has 3 nitrogen and oxygen atoms in total. The van der Waals surface area contributed by atoms with Crippen molar-refractivity contribution in [1.82, 2.24) is 0 Å². The van der Waals surface area contributed by atoms with Crippen molar-refractivity contribution in [3.63, 3.8) is 0 Å². The number of rotatable bonds is 4. The average molecular weight is 245 g/mol. The summed E-state index contributed by atoms with van der Waals surface area (Å²) in [5.41, 5.74) is 1.58. The van der Waals surface area contributed by atoms with Gasteiger partial charge >= 0.3 is 0 Å². The number of benzene rings is 1. The molecule has 0 saturated heterocycles. The third-order valence-corrected chi connectivity index (χ3v) is 3.30. The van der Waals surface area contributed by atoms with Crippen LogP contribution in [0.5, 0.6) is 0 Å². The minimum absolute atomic E-state index is 0.0514. The maximum absolute atomic E-state index is 9.22. The third-order valence-electron chi connectivity index (χ3n) is 2.52. The summed E-state index contributed by atoms with van der Waals surface area (Å²) >= 11 is 1.56. The van der Waals surface area contributed by atoms with E-state index in [1.54, 1.807) is 11.8 Å². The fraction of sp³-hybridized carbons (Fsp3) is 0.385. The minimum atomic E-state index is -0.0514. The van der Waals surface area contributed by atoms with Crippen LogP contribution in [0.2, 0.25) is 0 Å². The van der Waals surface area contributed by atoms with Gasteiger partial charge in [0.15, 0.2) is 0 Å². The van der Waals surface area contributed by atoms with Crippen molar-refractivity contribution < 1.29 is 0 Å². The number of nitrogens with zero attached hydrogens (tertiary/aromatic N) is 3. The summed E-state index contributed by atoms with van der Waals surface area (Å²) in [6.45, 7) is 2.50. The molecule has 88 valence electrons. The van der Waals surface area contributed by atoms with Gasteiger partial charge in [0.1, 0.15) is 6.07 Å². The largest absolute Gasteiger partial charge is 0.372 e. The van der Waals surface area contributed by atoms with E-state index in [2.05, 4.69) is 12.1 Å². The molecule has 1 rings (SSSR count). The van der Waals surface area contributed by atoms with Gasteiger partial charge in [-0.1, -0.05) is 6.07 Å². The number of hydrogen-bond acceptors (Lipinski definition) is 4. The van der Waals surface area contributed by atoms with E-state index < -0.39 is 0 Å². The molecule has 0 heterocycles. The maximum Gasteiger partial charge on any atom is 0.102 e. The topological polar surface area (TPSA) is 50.8 Å². The molecule has 1 aromatic carbocycles. The number of hydrogen-bond donors (Lipinski definition) is 0. The van der Waals surface area contributed by atoms with Crippen LogP contribution in [0, 0.1) is 28.6 Å². The molecule has 0 spiro atoms. The van der Waals surface area contributed by atoms with Gasteiger partial charge in [-0.05, 0) is 25.3 Å². The first-order chi connectivity index (χ1) is 8.13. The standard InChI is InChI=1S/C13H15N3S/c1-10(7-14)9-16(2)12-5-4-6-13(17-3)11(12)8-15/h4-6,10H,9H2,1-3H3. The molecule has 0 N–H and O–H groups in total. The van der Waals surface area contributed by atoms with Gasteiger partial charge in [0.25, 0.3) is 0 Å². The zero-order valence-electron chi connectivity index (χ0n) is 10.3. The molecule has 0 bridgehead atoms. The first-order valence-electron chi connectivity index (χ1n) is 5.31. The van der Waals surface area contributed by atoms with E-state index >= 15 is 0 Å². The van der Waals surface area contributed by atoms with Gasteiger partial charge in [0.2, 0.25) is 0 Å². The van der Waals surface area contributed by atoms with Crippen LogP contribution < -0.4 is 4.90 Å². The second-order valence-corrected chi connectivity index (χ2v) is 4.72. The lowest BCUT2D eigenvalue weighted by Gasteiger charge is -2.22. The van der Waals surface area contributed by atoms with E-state index in [0.717, 1.165) is 10.6 Å². The summed E-state index contributed by atoms with van der Waals surface area (Å²) in [5.74, 6) is -0.0514. The molecule has 0 saturated carbocycles. The molecule has 0 aliphatic rings. The molecule has 0 fully saturated rings. The zero-order chi connectivity index (χ0) is 12.8. The van der Waals surface area contributed by atoms with E-state index in [9.17, 15) is 5.26 Å². The fourth-order valence-electron chi connectivity index (χ4n) is 1.67. The summed E-state index contributed by atoms with van der Waals surface area (Å²) in [5, 5.41) is 18.0. The van der Waals surface area contributed by atoms with Gasteiger partial charge in [-0.3, -0.25) is 0 Å². The Morgan fingerprint density at radius 3 is 2.65 bits per heavy atom. The second-order valence-electron chi connectivity index (χ2n) is 3.88. The Bertz CT molecular complexity index is 471. The quantitative estimate of drug-likeness (QED) is 0.765. The lowest BCUT2D eigenvalue weighted by molar-refractivity contribution is 0.715. The molecule has 17 heavy (non-hydrogen) atoms. The van der Waals surface area contributed by atoms with Crippen LogP contribution in [0.1, 0.15) is 12.5 Å². The minimum Gasteiger partial charge on any atom is -0.372 e. The Balaban J connectivity index is 3.06. The van der Waals surface area contributed by atoms with Crippen LogP contribution in [0.3, 0.4) is 0 Å². The van der Waals surface area contributed by atoms with Gasteiger partial charge in [-0.15, -0.1) is 11.8 Å². The summed E-state index contributed by atoms with van der Waals surface area (Å²) in [6, 6.07) is 10.2. The number of anilines is 1. The Labute approximate surface area is 107 Å². The van der Waals surface area contributed by atoms with E-state index in [4.69, 9.17) is 5.26 Å². The lowest BCUT2D eigenvalue weighted by Crippen LogP contribution is -2.24. The fourth-order valence-corrected chi connectivity index (χ4v) is 2.24. The first kappa shape index (κ1) is 13.4. The van der Waals surface area contributed by atoms with Crippen molar-refractivity contribution >= 4 is 17.4 Å². The van der Waals surface area contributed by atoms with E-state index in [1.165, 1.54) is 0 Å². The van der Waals surface area contributed by atoms with Crippen molar-refractivity contribution in [3.8, 4) is 12.1 Å². The van der Waals surface area contributed by atoms with Crippen LogP contribution in [0.4, 0.5) is 5.69 Å². The van der Waals surface area contributed by atoms with Gasteiger partial charge in [0.05, 0.1) is 23.2 Å². The zero-order valence-corrected chi connectivity index (χ0v) is 11.1. The molecule has 0 aliphatic carbocycles. The highest BCUT2D eigenvalue weighted by atomic mass is 32.2. The predicted molar refractivity (Wildman–Crippen MR) is 71.0 cm³/mol. The Hall–Kier alpha value is -1.65. The second kappa shape index (κ2) is 6.18. The van der Waals surface area contributed by atoms with Gasteiger partial charge in [0, 0.05) is 18.5 Å². The summed E-state index contributed by atoms with van der Waals surface area (Å²) in [6.07, 6.45) is 1.96. The van der Waals surface area contributed by atoms with Crippen molar-refractivity contribution in [3.05, 3.63) is 23.8 Å². The molecule has 0 amide bonds. The van der Waals surface area contributed by atoms with Crippen LogP contribution in [-0.4, -0.2) is 19.8 Å². The smallest absolute Gasteiger partial charge is 0.102 e. The Morgan fingerprint density at radius 2 is 2.12 bits per heavy atom. The molecule has 4 heteroatoms. The highest BCUT2D eigenvalue weighted by molar-refractivity contribution is 7.98. The SMILES string of the molecule is CSc1cccc(N(C)CC(C)C#N)c1C#N. The Morgan fingerprint density at radius 1 is 1.41 bits per heavy atom. The Kier molecular flexibility index (Phi) is 4.87. The van der Waals surface area contributed by atoms with Gasteiger partial charge in [-0.2, -0.15) is 10.5 Å². The van der Waals surface area contributed by atoms with Crippen LogP contribution >= 0.6 is 11.8 Å². The first-order valence-corrected chi connectivity index (χ1v) is 6.54. The van der Waals surface area contributed by atoms with Crippen LogP contribution in [-0.2, 0) is 0 Å². The summed E-state index contributed by atoms with van der Waals surface area (Å²) in [4.78, 5) is 2.94. The predicted octanol–water partition coefficient (Wildman–Crippen LogP) is 2.88. The average Bonchev–Trinajstić information content (AvgIpc) is 2.37. The van der Waals surface area contributed by atoms with Crippen LogP contribution in [0.25, 0.3) is 0 Å². The molecular formula is C13H15N3S. The lowest BCUT2D eigenvalue weighted by atomic mass is 10.1. The molecule has 1 unspecified atom stereocenters. The summed E-state index contributed by atoms with van der Waals surface area (Å²) < 4.78 is 0. The molecule has 1 aromatic rings. The molecule has 0 aromatic heterocycles. The molecular weight excluding hydrogens is 230 g/mol. The highest BCUT2D eigenvalue weighted by Gasteiger charge is 2.13. The van der Waals surface area contributed by atoms with E-state index in [0.29, 0.717) is 12.1 Å². The third kappa shape index (κ3) is 3.15. The van der Waals surface area contributed by atoms with Crippen molar-refractivity contribution in [2.75, 3.05) is 24.7 Å². The van der Waals surface area contributed by atoms with Crippen LogP contribution in [0.15, 0.2) is 23.1 Å². The maximum atomic E-state index is 9.22. The molecule has 1 atom stereocenters. The van der Waals surface area contributed by atoms with Crippen molar-refractivity contribution in [2.45, 2.75) is 11.8 Å². The van der Waals surface area contributed by atoms with E-state index in [-0.39, 0.29) is 5.92 Å². The molecule has 0 aliphatic heterocycles. The van der Waals surface area contributed by atoms with Crippen molar-refractivity contribution in [1.29, 1.82) is 10.5 Å². The van der Waals surface area contributed by atoms with Crippen molar-refractivity contribution in [2.24, 2.45) is 5.92 Å². The van der Waals surface area contributed by atoms with E-state index in [1.807, 2.05) is 43.3 Å². The number of nitriles is 2. The number of thioether (sulfide) groups is 1. The normalized spacial score (nSPS) is 11.4. The monoisotopic (exact) mass is 245 g/mol. The summed E-state index contributed by atoms with van der Waals surface area (Å²) in [7, 11) is 1.91. The molecule has 0 radical (unpaired) electrons. The van der Waals surface area contributed by atoms with Gasteiger partial charge in [-0.25, -0.2) is 0 Å². The highest BCUT2D eigenvalue weighted by Crippen LogP contribution is 2.28.